The third kappa shape index (κ3) is 3.11. The number of hydrogen-bond acceptors (Lipinski definition) is 5. The van der Waals surface area contributed by atoms with Gasteiger partial charge >= 0.3 is 0 Å². The Balaban J connectivity index is 1.89. The van der Waals surface area contributed by atoms with Crippen LogP contribution in [0.4, 0.5) is 5.69 Å². The fraction of sp³-hybridized carbons (Fsp3) is 0.294. The summed E-state index contributed by atoms with van der Waals surface area (Å²) in [6, 6.07) is 6.45. The molecule has 0 spiro atoms. The maximum Gasteiger partial charge on any atom is 0.247 e. The SMILES string of the molecule is CN(C)S(=O)(=O)c1ccc(O)c(NC(=O)C2CCC(=O)c3cccn32)c1. The first kappa shape index (κ1) is 18.2. The second kappa shape index (κ2) is 6.58. The van der Waals surface area contributed by atoms with Crippen LogP contribution in [0.3, 0.4) is 0 Å². The number of nitrogens with one attached hydrogen (secondary N) is 1. The molecule has 0 saturated heterocycles. The van der Waals surface area contributed by atoms with E-state index in [1.807, 2.05) is 0 Å². The zero-order valence-corrected chi connectivity index (χ0v) is 15.2. The van der Waals surface area contributed by atoms with Crippen molar-refractivity contribution in [1.82, 2.24) is 8.87 Å². The molecule has 0 bridgehead atoms. The number of sulfonamides is 1. The minimum atomic E-state index is -3.70. The number of ketones is 1. The number of aromatic nitrogens is 1. The molecular formula is C17H19N3O5S. The summed E-state index contributed by atoms with van der Waals surface area (Å²) in [7, 11) is -0.911. The van der Waals surface area contributed by atoms with Crippen molar-refractivity contribution in [1.29, 1.82) is 0 Å². The molecule has 26 heavy (non-hydrogen) atoms. The highest BCUT2D eigenvalue weighted by atomic mass is 32.2. The molecule has 0 radical (unpaired) electrons. The molecule has 0 aliphatic carbocycles. The molecule has 8 nitrogen and oxygen atoms in total. The lowest BCUT2D eigenvalue weighted by Gasteiger charge is -2.24. The number of phenols is 1. The fourth-order valence-corrected chi connectivity index (χ4v) is 3.83. The van der Waals surface area contributed by atoms with Crippen LogP contribution in [-0.2, 0) is 14.8 Å². The molecule has 1 unspecified atom stereocenters. The van der Waals surface area contributed by atoms with Crippen molar-refractivity contribution in [2.75, 3.05) is 19.4 Å². The average Bonchev–Trinajstić information content (AvgIpc) is 3.07. The first-order valence-corrected chi connectivity index (χ1v) is 9.42. The van der Waals surface area contributed by atoms with Crippen molar-refractivity contribution in [2.24, 2.45) is 0 Å². The second-order valence-corrected chi connectivity index (χ2v) is 8.39. The second-order valence-electron chi connectivity index (χ2n) is 6.23. The normalized spacial score (nSPS) is 17.2. The predicted octanol–water partition coefficient (Wildman–Crippen LogP) is 1.60. The van der Waals surface area contributed by atoms with Gasteiger partial charge in [-0.25, -0.2) is 12.7 Å². The van der Waals surface area contributed by atoms with E-state index in [4.69, 9.17) is 0 Å². The van der Waals surface area contributed by atoms with E-state index < -0.39 is 22.0 Å². The smallest absolute Gasteiger partial charge is 0.247 e. The highest BCUT2D eigenvalue weighted by molar-refractivity contribution is 7.89. The summed E-state index contributed by atoms with van der Waals surface area (Å²) in [5, 5.41) is 12.6. The van der Waals surface area contributed by atoms with Crippen molar-refractivity contribution in [3.05, 3.63) is 42.2 Å². The van der Waals surface area contributed by atoms with Crippen LogP contribution in [-0.4, -0.2) is 48.2 Å². The maximum atomic E-state index is 12.7. The van der Waals surface area contributed by atoms with Gasteiger partial charge in [-0.15, -0.1) is 0 Å². The van der Waals surface area contributed by atoms with Crippen LogP contribution < -0.4 is 5.32 Å². The molecular weight excluding hydrogens is 358 g/mol. The number of hydrogen-bond donors (Lipinski definition) is 2. The number of rotatable bonds is 4. The average molecular weight is 377 g/mol. The van der Waals surface area contributed by atoms with E-state index in [1.165, 1.54) is 32.3 Å². The molecule has 1 atom stereocenters. The van der Waals surface area contributed by atoms with E-state index >= 15 is 0 Å². The summed E-state index contributed by atoms with van der Waals surface area (Å²) < 4.78 is 27.1. The van der Waals surface area contributed by atoms with E-state index in [2.05, 4.69) is 5.32 Å². The standard InChI is InChI=1S/C17H19N3O5S/c1-19(2)26(24,25)11-5-7-15(21)12(10-11)18-17(23)14-6-8-16(22)13-4-3-9-20(13)14/h3-5,7,9-10,14,21H,6,8H2,1-2H3,(H,18,23). The molecule has 1 amide bonds. The van der Waals surface area contributed by atoms with Crippen LogP contribution in [0.25, 0.3) is 0 Å². The van der Waals surface area contributed by atoms with E-state index in [0.717, 1.165) is 4.31 Å². The molecule has 9 heteroatoms. The van der Waals surface area contributed by atoms with Gasteiger partial charge in [0.1, 0.15) is 11.8 Å². The number of aromatic hydroxyl groups is 1. The van der Waals surface area contributed by atoms with Crippen LogP contribution in [0.15, 0.2) is 41.4 Å². The molecule has 0 fully saturated rings. The van der Waals surface area contributed by atoms with Crippen LogP contribution in [0, 0.1) is 0 Å². The third-order valence-corrected chi connectivity index (χ3v) is 6.16. The van der Waals surface area contributed by atoms with E-state index in [0.29, 0.717) is 12.1 Å². The Morgan fingerprint density at radius 2 is 2.04 bits per heavy atom. The minimum Gasteiger partial charge on any atom is -0.506 e. The number of nitrogens with zero attached hydrogens (tertiary/aromatic N) is 2. The Kier molecular flexibility index (Phi) is 4.59. The molecule has 1 aliphatic rings. The van der Waals surface area contributed by atoms with Crippen molar-refractivity contribution < 1.29 is 23.1 Å². The van der Waals surface area contributed by atoms with Gasteiger partial charge in [-0.3, -0.25) is 9.59 Å². The van der Waals surface area contributed by atoms with Crippen molar-refractivity contribution >= 4 is 27.4 Å². The summed E-state index contributed by atoms with van der Waals surface area (Å²) in [6.45, 7) is 0. The molecule has 2 N–H and O–H groups in total. The number of carbonyl (C=O) groups is 2. The van der Waals surface area contributed by atoms with Gasteiger partial charge in [-0.05, 0) is 36.8 Å². The molecule has 1 aliphatic heterocycles. The number of carbonyl (C=O) groups excluding carboxylic acids is 2. The minimum absolute atomic E-state index is 0.00327. The van der Waals surface area contributed by atoms with Crippen molar-refractivity contribution in [3.8, 4) is 5.75 Å². The molecule has 2 heterocycles. The van der Waals surface area contributed by atoms with Crippen molar-refractivity contribution in [3.63, 3.8) is 0 Å². The molecule has 1 aromatic heterocycles. The van der Waals surface area contributed by atoms with Crippen LogP contribution in [0.1, 0.15) is 29.4 Å². The topological polar surface area (TPSA) is 109 Å². The Hall–Kier alpha value is -2.65. The molecule has 3 rings (SSSR count). The summed E-state index contributed by atoms with van der Waals surface area (Å²) in [6.07, 6.45) is 2.25. The Morgan fingerprint density at radius 3 is 2.73 bits per heavy atom. The first-order chi connectivity index (χ1) is 12.2. The van der Waals surface area contributed by atoms with Gasteiger partial charge in [-0.1, -0.05) is 0 Å². The lowest BCUT2D eigenvalue weighted by atomic mass is 10.0. The van der Waals surface area contributed by atoms with E-state index in [1.54, 1.807) is 22.9 Å². The molecule has 0 saturated carbocycles. The van der Waals surface area contributed by atoms with Gasteiger partial charge in [0.05, 0.1) is 16.3 Å². The largest absolute Gasteiger partial charge is 0.506 e. The zero-order chi connectivity index (χ0) is 19.1. The first-order valence-electron chi connectivity index (χ1n) is 7.98. The van der Waals surface area contributed by atoms with Gasteiger partial charge in [0.15, 0.2) is 5.78 Å². The lowest BCUT2D eigenvalue weighted by Crippen LogP contribution is -2.31. The Morgan fingerprint density at radius 1 is 1.31 bits per heavy atom. The van der Waals surface area contributed by atoms with Crippen LogP contribution >= 0.6 is 0 Å². The quantitative estimate of drug-likeness (QED) is 0.787. The highest BCUT2D eigenvalue weighted by Crippen LogP contribution is 2.30. The predicted molar refractivity (Wildman–Crippen MR) is 94.6 cm³/mol. The maximum absolute atomic E-state index is 12.7. The highest BCUT2D eigenvalue weighted by Gasteiger charge is 2.30. The number of phenolic OH excluding ortho intramolecular Hbond substituents is 1. The summed E-state index contributed by atoms with van der Waals surface area (Å²) in [5.41, 5.74) is 0.466. The van der Waals surface area contributed by atoms with Crippen LogP contribution in [0.5, 0.6) is 5.75 Å². The lowest BCUT2D eigenvalue weighted by molar-refractivity contribution is -0.119. The van der Waals surface area contributed by atoms with E-state index in [-0.39, 0.29) is 28.5 Å². The number of amides is 1. The Labute approximate surface area is 151 Å². The summed E-state index contributed by atoms with van der Waals surface area (Å²) >= 11 is 0. The molecule has 2 aromatic rings. The van der Waals surface area contributed by atoms with Gasteiger partial charge in [0, 0.05) is 26.7 Å². The number of benzene rings is 1. The van der Waals surface area contributed by atoms with Gasteiger partial charge in [0.25, 0.3) is 0 Å². The summed E-state index contributed by atoms with van der Waals surface area (Å²) in [4.78, 5) is 24.5. The molecule has 138 valence electrons. The fourth-order valence-electron chi connectivity index (χ4n) is 2.90. The zero-order valence-electron chi connectivity index (χ0n) is 14.3. The van der Waals surface area contributed by atoms with Gasteiger partial charge < -0.3 is 15.0 Å². The third-order valence-electron chi connectivity index (χ3n) is 4.35. The number of fused-ring (bicyclic) bond motifs is 1. The van der Waals surface area contributed by atoms with Crippen LogP contribution in [0.2, 0.25) is 0 Å². The number of anilines is 1. The Bertz CT molecular complexity index is 978. The van der Waals surface area contributed by atoms with E-state index in [9.17, 15) is 23.1 Å². The monoisotopic (exact) mass is 377 g/mol. The number of Topliss-reactive ketones (excluding diaryl/α,β-unsaturated/α-hetero) is 1. The molecule has 1 aromatic carbocycles. The van der Waals surface area contributed by atoms with Gasteiger partial charge in [-0.2, -0.15) is 0 Å². The van der Waals surface area contributed by atoms with Gasteiger partial charge in [0.2, 0.25) is 15.9 Å². The van der Waals surface area contributed by atoms with Crippen molar-refractivity contribution in [2.45, 2.75) is 23.8 Å². The summed E-state index contributed by atoms with van der Waals surface area (Å²) in [5.74, 6) is -0.693.